The smallest absolute Gasteiger partial charge is 0.354 e. The third-order valence-corrected chi connectivity index (χ3v) is 7.80. The molecular formula is C30H23NO6S. The van der Waals surface area contributed by atoms with Gasteiger partial charge in [0.2, 0.25) is 0 Å². The zero-order chi connectivity index (χ0) is 26.4. The molecule has 2 heterocycles. The molecular weight excluding hydrogens is 502 g/mol. The molecule has 0 atom stereocenters. The number of nitrogens with zero attached hydrogens (tertiary/aromatic N) is 1. The Hall–Kier alpha value is -4.43. The fourth-order valence-corrected chi connectivity index (χ4v) is 5.86. The number of hydrogen-bond acceptors (Lipinski definition) is 7. The summed E-state index contributed by atoms with van der Waals surface area (Å²) in [6, 6.07) is 22.1. The van der Waals surface area contributed by atoms with Gasteiger partial charge in [-0.15, -0.1) is 0 Å². The number of aromatic hydroxyl groups is 1. The molecule has 1 aliphatic carbocycles. The van der Waals surface area contributed by atoms with Crippen molar-refractivity contribution >= 4 is 22.7 Å². The molecule has 0 bridgehead atoms. The maximum absolute atomic E-state index is 14.2. The monoisotopic (exact) mass is 525 g/mol. The summed E-state index contributed by atoms with van der Waals surface area (Å²) in [5.41, 5.74) is 2.82. The third-order valence-electron chi connectivity index (χ3n) is 6.75. The van der Waals surface area contributed by atoms with Crippen LogP contribution in [0.25, 0.3) is 27.9 Å². The zero-order valence-electron chi connectivity index (χ0n) is 20.7. The number of fused-ring (bicyclic) bond motifs is 5. The van der Waals surface area contributed by atoms with E-state index in [4.69, 9.17) is 13.9 Å². The van der Waals surface area contributed by atoms with Gasteiger partial charge in [0, 0.05) is 21.7 Å². The summed E-state index contributed by atoms with van der Waals surface area (Å²) in [5.74, 6) is 0.947. The molecule has 0 spiro atoms. The van der Waals surface area contributed by atoms with E-state index in [1.165, 1.54) is 0 Å². The lowest BCUT2D eigenvalue weighted by molar-refractivity contribution is 0.413. The summed E-state index contributed by atoms with van der Waals surface area (Å²) in [6.07, 6.45) is 1.18. The first-order valence-corrected chi connectivity index (χ1v) is 12.8. The van der Waals surface area contributed by atoms with Crippen LogP contribution >= 0.6 is 11.8 Å². The fraction of sp³-hybridized carbons (Fsp3) is 0.133. The first-order chi connectivity index (χ1) is 18.5. The average molecular weight is 526 g/mol. The number of ether oxygens (including phenoxy) is 2. The van der Waals surface area contributed by atoms with Crippen molar-refractivity contribution < 1.29 is 19.0 Å². The van der Waals surface area contributed by atoms with Crippen LogP contribution in [0.5, 0.6) is 17.2 Å². The van der Waals surface area contributed by atoms with Crippen molar-refractivity contribution in [1.29, 1.82) is 0 Å². The summed E-state index contributed by atoms with van der Waals surface area (Å²) < 4.78 is 18.1. The van der Waals surface area contributed by atoms with Crippen LogP contribution in [0.4, 0.5) is 0 Å². The molecule has 3 aromatic carbocycles. The van der Waals surface area contributed by atoms with Crippen molar-refractivity contribution in [1.82, 2.24) is 4.57 Å². The first kappa shape index (κ1) is 23.9. The van der Waals surface area contributed by atoms with Crippen molar-refractivity contribution in [3.8, 4) is 34.2 Å². The van der Waals surface area contributed by atoms with Crippen molar-refractivity contribution in [3.63, 3.8) is 0 Å². The highest BCUT2D eigenvalue weighted by molar-refractivity contribution is 7.99. The number of aromatic nitrogens is 1. The number of pyridine rings is 1. The molecule has 38 heavy (non-hydrogen) atoms. The Bertz CT molecular complexity index is 1820. The number of para-hydroxylation sites is 1. The van der Waals surface area contributed by atoms with Crippen LogP contribution in [0, 0.1) is 0 Å². The maximum Gasteiger partial charge on any atom is 0.354 e. The summed E-state index contributed by atoms with van der Waals surface area (Å²) in [6.45, 7) is 0. The second-order valence-corrected chi connectivity index (χ2v) is 9.96. The van der Waals surface area contributed by atoms with E-state index in [1.807, 2.05) is 48.5 Å². The van der Waals surface area contributed by atoms with Gasteiger partial charge in [0.1, 0.15) is 21.8 Å². The van der Waals surface area contributed by atoms with Crippen molar-refractivity contribution in [2.24, 2.45) is 0 Å². The van der Waals surface area contributed by atoms with E-state index in [2.05, 4.69) is 0 Å². The predicted molar refractivity (Wildman–Crippen MR) is 146 cm³/mol. The maximum atomic E-state index is 14.2. The Labute approximate surface area is 221 Å². The second-order valence-electron chi connectivity index (χ2n) is 8.88. The Balaban J connectivity index is 1.67. The highest BCUT2D eigenvalue weighted by Gasteiger charge is 2.29. The van der Waals surface area contributed by atoms with Gasteiger partial charge in [0.15, 0.2) is 11.3 Å². The highest BCUT2D eigenvalue weighted by atomic mass is 32.2. The molecule has 0 fully saturated rings. The van der Waals surface area contributed by atoms with E-state index in [9.17, 15) is 14.7 Å². The van der Waals surface area contributed by atoms with E-state index in [1.54, 1.807) is 43.1 Å². The highest BCUT2D eigenvalue weighted by Crippen LogP contribution is 2.42. The summed E-state index contributed by atoms with van der Waals surface area (Å²) in [4.78, 5) is 28.0. The van der Waals surface area contributed by atoms with Crippen LogP contribution in [0.15, 0.2) is 96.6 Å². The van der Waals surface area contributed by atoms with Crippen molar-refractivity contribution in [2.75, 3.05) is 14.2 Å². The molecule has 2 aromatic heterocycles. The minimum atomic E-state index is -0.706. The van der Waals surface area contributed by atoms with Gasteiger partial charge >= 0.3 is 5.63 Å². The molecule has 0 radical (unpaired) electrons. The van der Waals surface area contributed by atoms with Crippen LogP contribution in [0.1, 0.15) is 11.1 Å². The molecule has 8 heteroatoms. The van der Waals surface area contributed by atoms with Crippen LogP contribution in [0.2, 0.25) is 0 Å². The largest absolute Gasteiger partial charge is 0.505 e. The SMILES string of the molecule is COc1cccc(Sc2c(O)c3c(=O)n(-c4ccccc4)c4c(c3oc2=O)CCc2cc(OC)ccc2-4)c1. The molecule has 7 nitrogen and oxygen atoms in total. The Kier molecular flexibility index (Phi) is 5.96. The molecule has 0 saturated carbocycles. The van der Waals surface area contributed by atoms with Crippen LogP contribution in [-0.2, 0) is 12.8 Å². The third kappa shape index (κ3) is 3.85. The summed E-state index contributed by atoms with van der Waals surface area (Å²) in [5, 5.41) is 11.4. The standard InChI is InChI=1S/C30H23NO6S/c1-35-19-9-6-10-21(16-19)38-28-26(32)24-27(37-30(28)34)23-13-11-17-15-20(36-2)12-14-22(17)25(23)31(29(24)33)18-7-4-3-5-8-18/h3-10,12,14-16,32H,11,13H2,1-2H3. The molecule has 1 N–H and O–H groups in total. The van der Waals surface area contributed by atoms with E-state index in [-0.39, 0.29) is 21.6 Å². The normalized spacial score (nSPS) is 12.2. The predicted octanol–water partition coefficient (Wildman–Crippen LogP) is 5.58. The van der Waals surface area contributed by atoms with Gasteiger partial charge in [-0.25, -0.2) is 4.79 Å². The molecule has 5 aromatic rings. The summed E-state index contributed by atoms with van der Waals surface area (Å²) in [7, 11) is 3.17. The van der Waals surface area contributed by atoms with E-state index in [0.29, 0.717) is 40.4 Å². The molecule has 190 valence electrons. The Morgan fingerprint density at radius 2 is 1.66 bits per heavy atom. The minimum absolute atomic E-state index is 0.0189. The topological polar surface area (TPSA) is 90.9 Å². The van der Waals surface area contributed by atoms with Crippen LogP contribution in [0.3, 0.4) is 0 Å². The van der Waals surface area contributed by atoms with Gasteiger partial charge < -0.3 is 19.0 Å². The molecule has 0 saturated heterocycles. The molecule has 1 aliphatic rings. The summed E-state index contributed by atoms with van der Waals surface area (Å²) >= 11 is 1.03. The number of methoxy groups -OCH3 is 2. The number of benzene rings is 3. The molecule has 0 aliphatic heterocycles. The van der Waals surface area contributed by atoms with Crippen molar-refractivity contribution in [3.05, 3.63) is 105 Å². The lowest BCUT2D eigenvalue weighted by atomic mass is 9.87. The number of rotatable bonds is 5. The van der Waals surface area contributed by atoms with E-state index >= 15 is 0 Å². The van der Waals surface area contributed by atoms with Gasteiger partial charge in [-0.3, -0.25) is 9.36 Å². The van der Waals surface area contributed by atoms with Gasteiger partial charge in [-0.05, 0) is 66.9 Å². The lowest BCUT2D eigenvalue weighted by Gasteiger charge is -2.25. The fourth-order valence-electron chi connectivity index (χ4n) is 4.98. The number of hydrogen-bond donors (Lipinski definition) is 1. The number of aryl methyl sites for hydroxylation is 2. The molecule has 0 amide bonds. The average Bonchev–Trinajstić information content (AvgIpc) is 2.95. The molecule has 0 unspecified atom stereocenters. The minimum Gasteiger partial charge on any atom is -0.505 e. The van der Waals surface area contributed by atoms with Gasteiger partial charge in [0.05, 0.1) is 19.9 Å². The first-order valence-electron chi connectivity index (χ1n) is 12.0. The Morgan fingerprint density at radius 3 is 2.42 bits per heavy atom. The van der Waals surface area contributed by atoms with Crippen LogP contribution < -0.4 is 20.7 Å². The second kappa shape index (κ2) is 9.46. The lowest BCUT2D eigenvalue weighted by Crippen LogP contribution is -2.25. The van der Waals surface area contributed by atoms with Gasteiger partial charge in [-0.2, -0.15) is 0 Å². The Morgan fingerprint density at radius 1 is 0.895 bits per heavy atom. The van der Waals surface area contributed by atoms with Gasteiger partial charge in [-0.1, -0.05) is 36.0 Å². The molecule has 6 rings (SSSR count). The quantitative estimate of drug-likeness (QED) is 0.320. The van der Waals surface area contributed by atoms with Gasteiger partial charge in [0.25, 0.3) is 5.56 Å². The van der Waals surface area contributed by atoms with E-state index < -0.39 is 11.2 Å². The zero-order valence-corrected chi connectivity index (χ0v) is 21.5. The van der Waals surface area contributed by atoms with E-state index in [0.717, 1.165) is 28.6 Å². The van der Waals surface area contributed by atoms with Crippen molar-refractivity contribution in [2.45, 2.75) is 22.6 Å². The van der Waals surface area contributed by atoms with Crippen LogP contribution in [-0.4, -0.2) is 23.9 Å².